The van der Waals surface area contributed by atoms with E-state index in [-0.39, 0.29) is 28.2 Å². The van der Waals surface area contributed by atoms with Crippen molar-refractivity contribution >= 4 is 28.5 Å². The Hall–Kier alpha value is -3.59. The zero-order chi connectivity index (χ0) is 21.1. The molecule has 0 atom stereocenters. The average Bonchev–Trinajstić information content (AvgIpc) is 3.25. The van der Waals surface area contributed by atoms with Crippen LogP contribution in [0.15, 0.2) is 67.4 Å². The Bertz CT molecular complexity index is 1280. The second kappa shape index (κ2) is 8.42. The van der Waals surface area contributed by atoms with Crippen molar-refractivity contribution < 1.29 is 23.1 Å². The zero-order valence-corrected chi connectivity index (χ0v) is 16.9. The first-order valence-corrected chi connectivity index (χ1v) is 9.82. The van der Waals surface area contributed by atoms with Crippen LogP contribution in [0.3, 0.4) is 0 Å². The number of hydrogen-bond donors (Lipinski definition) is 0. The number of ether oxygens (including phenoxy) is 2. The van der Waals surface area contributed by atoms with Crippen LogP contribution in [0.2, 0.25) is 0 Å². The van der Waals surface area contributed by atoms with Crippen molar-refractivity contribution in [2.24, 2.45) is 0 Å². The molecule has 2 aromatic heterocycles. The number of carbonyl (C=O) groups is 1. The number of thioether (sulfide) groups is 1. The second-order valence-corrected chi connectivity index (χ2v) is 7.07. The summed E-state index contributed by atoms with van der Waals surface area (Å²) in [5.41, 5.74) is 0.397. The van der Waals surface area contributed by atoms with E-state index in [1.807, 2.05) is 0 Å². The van der Waals surface area contributed by atoms with Crippen LogP contribution in [-0.2, 0) is 0 Å². The number of rotatable bonds is 7. The molecule has 0 aliphatic rings. The Balaban J connectivity index is 1.49. The number of methoxy groups -OCH3 is 2. The molecule has 0 fully saturated rings. The van der Waals surface area contributed by atoms with Gasteiger partial charge in [0.15, 0.2) is 17.3 Å². The third-order valence-electron chi connectivity index (χ3n) is 4.31. The maximum absolute atomic E-state index is 12.5. The fraction of sp³-hybridized carbons (Fsp3) is 0.143. The van der Waals surface area contributed by atoms with E-state index >= 15 is 0 Å². The van der Waals surface area contributed by atoms with Crippen LogP contribution in [0, 0.1) is 0 Å². The molecular weight excluding hydrogens is 408 g/mol. The molecule has 8 nitrogen and oxygen atoms in total. The molecule has 0 spiro atoms. The van der Waals surface area contributed by atoms with Gasteiger partial charge in [-0.05, 0) is 30.3 Å². The maximum Gasteiger partial charge on any atom is 0.347 e. The van der Waals surface area contributed by atoms with E-state index in [2.05, 4.69) is 10.2 Å². The molecule has 4 rings (SSSR count). The van der Waals surface area contributed by atoms with Gasteiger partial charge >= 0.3 is 5.63 Å². The molecular formula is C21H16N2O6S. The molecule has 9 heteroatoms. The second-order valence-electron chi connectivity index (χ2n) is 6.14. The van der Waals surface area contributed by atoms with Crippen LogP contribution in [0.4, 0.5) is 0 Å². The van der Waals surface area contributed by atoms with E-state index in [1.165, 1.54) is 13.2 Å². The predicted octanol–water partition coefficient (Wildman–Crippen LogP) is 3.84. The van der Waals surface area contributed by atoms with Crippen LogP contribution in [0.25, 0.3) is 22.4 Å². The summed E-state index contributed by atoms with van der Waals surface area (Å²) in [4.78, 5) is 24.6. The fourth-order valence-corrected chi connectivity index (χ4v) is 3.46. The summed E-state index contributed by atoms with van der Waals surface area (Å²) in [6, 6.07) is 13.7. The van der Waals surface area contributed by atoms with Crippen molar-refractivity contribution in [2.45, 2.75) is 5.22 Å². The lowest BCUT2D eigenvalue weighted by molar-refractivity contribution is 0.101. The van der Waals surface area contributed by atoms with Gasteiger partial charge in [0.05, 0.1) is 20.0 Å². The fourth-order valence-electron chi connectivity index (χ4n) is 2.82. The SMILES string of the molecule is COc1ccc(-c2nnc(SCC(=O)c3cc4ccccc4oc3=O)o2)cc1OC. The van der Waals surface area contributed by atoms with Gasteiger partial charge in [0.1, 0.15) is 11.1 Å². The summed E-state index contributed by atoms with van der Waals surface area (Å²) in [6.45, 7) is 0. The summed E-state index contributed by atoms with van der Waals surface area (Å²) in [5.74, 6) is 0.953. The van der Waals surface area contributed by atoms with Crippen molar-refractivity contribution in [1.29, 1.82) is 0 Å². The predicted molar refractivity (Wildman–Crippen MR) is 110 cm³/mol. The smallest absolute Gasteiger partial charge is 0.347 e. The highest BCUT2D eigenvalue weighted by Gasteiger charge is 2.17. The van der Waals surface area contributed by atoms with E-state index in [0.717, 1.165) is 11.8 Å². The standard InChI is InChI=1S/C21H16N2O6S/c1-26-17-8-7-13(10-18(17)27-2)19-22-23-21(29-19)30-11-15(24)14-9-12-5-3-4-6-16(12)28-20(14)25/h3-10H,11H2,1-2H3. The van der Waals surface area contributed by atoms with Gasteiger partial charge in [-0.15, -0.1) is 10.2 Å². The molecule has 0 radical (unpaired) electrons. The lowest BCUT2D eigenvalue weighted by Crippen LogP contribution is -2.15. The number of nitrogens with zero attached hydrogens (tertiary/aromatic N) is 2. The van der Waals surface area contributed by atoms with E-state index in [0.29, 0.717) is 28.0 Å². The van der Waals surface area contributed by atoms with Gasteiger partial charge in [-0.1, -0.05) is 30.0 Å². The molecule has 0 aliphatic heterocycles. The minimum Gasteiger partial charge on any atom is -0.493 e. The molecule has 0 bridgehead atoms. The highest BCUT2D eigenvalue weighted by atomic mass is 32.2. The molecule has 0 amide bonds. The average molecular weight is 424 g/mol. The van der Waals surface area contributed by atoms with Crippen molar-refractivity contribution in [3.8, 4) is 23.0 Å². The lowest BCUT2D eigenvalue weighted by Gasteiger charge is -2.07. The van der Waals surface area contributed by atoms with E-state index < -0.39 is 5.63 Å². The maximum atomic E-state index is 12.5. The topological polar surface area (TPSA) is 105 Å². The summed E-state index contributed by atoms with van der Waals surface area (Å²) < 4.78 is 21.3. The van der Waals surface area contributed by atoms with Gasteiger partial charge in [0.25, 0.3) is 5.22 Å². The number of Topliss-reactive ketones (excluding diaryl/α,β-unsaturated/α-hetero) is 1. The first-order valence-electron chi connectivity index (χ1n) is 8.84. The molecule has 2 heterocycles. The van der Waals surface area contributed by atoms with Gasteiger partial charge in [-0.3, -0.25) is 4.79 Å². The normalized spacial score (nSPS) is 10.9. The van der Waals surface area contributed by atoms with Crippen LogP contribution in [-0.4, -0.2) is 36.0 Å². The third-order valence-corrected chi connectivity index (χ3v) is 5.12. The molecule has 0 aliphatic carbocycles. The Morgan fingerprint density at radius 2 is 1.80 bits per heavy atom. The summed E-state index contributed by atoms with van der Waals surface area (Å²) >= 11 is 1.04. The van der Waals surface area contributed by atoms with Crippen molar-refractivity contribution in [2.75, 3.05) is 20.0 Å². The van der Waals surface area contributed by atoms with Crippen LogP contribution in [0.5, 0.6) is 11.5 Å². The minimum absolute atomic E-state index is 0.0131. The largest absolute Gasteiger partial charge is 0.493 e. The zero-order valence-electron chi connectivity index (χ0n) is 16.1. The monoisotopic (exact) mass is 424 g/mol. The number of benzene rings is 2. The third kappa shape index (κ3) is 3.92. The first kappa shape index (κ1) is 19.7. The van der Waals surface area contributed by atoms with Crippen LogP contribution >= 0.6 is 11.8 Å². The number of ketones is 1. The number of fused-ring (bicyclic) bond motifs is 1. The number of aromatic nitrogens is 2. The van der Waals surface area contributed by atoms with Gasteiger partial charge < -0.3 is 18.3 Å². The van der Waals surface area contributed by atoms with E-state index in [4.69, 9.17) is 18.3 Å². The Kier molecular flexibility index (Phi) is 5.53. The minimum atomic E-state index is -0.671. The quantitative estimate of drug-likeness (QED) is 0.249. The Morgan fingerprint density at radius 3 is 2.60 bits per heavy atom. The highest BCUT2D eigenvalue weighted by Crippen LogP contribution is 2.32. The van der Waals surface area contributed by atoms with E-state index in [1.54, 1.807) is 49.6 Å². The van der Waals surface area contributed by atoms with Gasteiger partial charge in [-0.25, -0.2) is 4.79 Å². The Morgan fingerprint density at radius 1 is 1.00 bits per heavy atom. The number of carbonyl (C=O) groups excluding carboxylic acids is 1. The molecule has 0 unspecified atom stereocenters. The summed E-state index contributed by atoms with van der Waals surface area (Å²) in [6.07, 6.45) is 0. The van der Waals surface area contributed by atoms with Gasteiger partial charge in [-0.2, -0.15) is 0 Å². The lowest BCUT2D eigenvalue weighted by atomic mass is 10.1. The highest BCUT2D eigenvalue weighted by molar-refractivity contribution is 7.99. The van der Waals surface area contributed by atoms with Gasteiger partial charge in [0, 0.05) is 10.9 Å². The van der Waals surface area contributed by atoms with Crippen molar-refractivity contribution in [1.82, 2.24) is 10.2 Å². The van der Waals surface area contributed by atoms with Crippen molar-refractivity contribution in [3.63, 3.8) is 0 Å². The molecule has 4 aromatic rings. The molecule has 2 aromatic carbocycles. The molecule has 0 N–H and O–H groups in total. The van der Waals surface area contributed by atoms with E-state index in [9.17, 15) is 9.59 Å². The first-order chi connectivity index (χ1) is 14.6. The Labute approximate surface area is 174 Å². The van der Waals surface area contributed by atoms with Gasteiger partial charge in [0.2, 0.25) is 5.89 Å². The summed E-state index contributed by atoms with van der Waals surface area (Å²) in [7, 11) is 3.08. The summed E-state index contributed by atoms with van der Waals surface area (Å²) in [5, 5.41) is 8.84. The van der Waals surface area contributed by atoms with Crippen molar-refractivity contribution in [3.05, 3.63) is 64.5 Å². The molecule has 0 saturated carbocycles. The molecule has 30 heavy (non-hydrogen) atoms. The van der Waals surface area contributed by atoms with Crippen LogP contribution in [0.1, 0.15) is 10.4 Å². The van der Waals surface area contributed by atoms with Crippen LogP contribution < -0.4 is 15.1 Å². The molecule has 0 saturated heterocycles. The molecule has 152 valence electrons. The number of para-hydroxylation sites is 1. The number of hydrogen-bond acceptors (Lipinski definition) is 9.